The highest BCUT2D eigenvalue weighted by atomic mass is 16.5. The van der Waals surface area contributed by atoms with Crippen LogP contribution >= 0.6 is 0 Å². The van der Waals surface area contributed by atoms with Crippen molar-refractivity contribution in [3.8, 4) is 123 Å². The Labute approximate surface area is 648 Å². The minimum atomic E-state index is -0.157. The average molecular weight is 1420 g/mol. The third-order valence-electron chi connectivity index (χ3n) is 24.7. The van der Waals surface area contributed by atoms with Crippen molar-refractivity contribution in [2.75, 3.05) is 0 Å². The molecule has 22 rings (SSSR count). The molecular formula is C105H76B2N2O2. The molecule has 0 saturated heterocycles. The Balaban J connectivity index is 0.715. The van der Waals surface area contributed by atoms with Crippen molar-refractivity contribution in [1.29, 1.82) is 0 Å². The Morgan fingerprint density at radius 3 is 1.25 bits per heavy atom. The van der Waals surface area contributed by atoms with Crippen LogP contribution in [-0.2, 0) is 6.42 Å². The summed E-state index contributed by atoms with van der Waals surface area (Å²) in [7, 11) is 0. The van der Waals surface area contributed by atoms with Crippen molar-refractivity contribution in [2.45, 2.75) is 60.8 Å². The van der Waals surface area contributed by atoms with Crippen LogP contribution in [0.25, 0.3) is 144 Å². The lowest BCUT2D eigenvalue weighted by Gasteiger charge is -2.34. The molecule has 0 N–H and O–H groups in total. The highest BCUT2D eigenvalue weighted by molar-refractivity contribution is 7.00. The molecular weight excluding hydrogens is 1340 g/mol. The molecule has 0 amide bonds. The number of ether oxygens (including phenoxy) is 2. The Bertz CT molecular complexity index is 6950. The summed E-state index contributed by atoms with van der Waals surface area (Å²) in [6.45, 7) is 15.7. The summed E-state index contributed by atoms with van der Waals surface area (Å²) in [6.07, 6.45) is 0.724. The molecule has 2 aromatic heterocycles. The molecule has 4 aliphatic heterocycles. The number of hydrogen-bond donors (Lipinski definition) is 0. The molecule has 0 radical (unpaired) electrons. The average Bonchev–Trinajstić information content (AvgIpc) is 1.58. The highest BCUT2D eigenvalue weighted by Gasteiger charge is 2.44. The summed E-state index contributed by atoms with van der Waals surface area (Å²) in [6, 6.07) is 119. The van der Waals surface area contributed by atoms with E-state index in [4.69, 9.17) is 9.47 Å². The van der Waals surface area contributed by atoms with Crippen molar-refractivity contribution in [1.82, 2.24) is 9.13 Å². The molecule has 6 heterocycles. The summed E-state index contributed by atoms with van der Waals surface area (Å²) < 4.78 is 20.0. The van der Waals surface area contributed by atoms with E-state index in [-0.39, 0.29) is 19.3 Å². The van der Waals surface area contributed by atoms with Crippen LogP contribution in [0.3, 0.4) is 0 Å². The lowest BCUT2D eigenvalue weighted by molar-refractivity contribution is 0.486. The molecule has 18 aromatic rings. The second-order valence-corrected chi connectivity index (χ2v) is 31.9. The fourth-order valence-corrected chi connectivity index (χ4v) is 20.0. The van der Waals surface area contributed by atoms with Gasteiger partial charge >= 0.3 is 0 Å². The van der Waals surface area contributed by atoms with Gasteiger partial charge in [-0.25, -0.2) is 0 Å². The maximum atomic E-state index is 7.49. The van der Waals surface area contributed by atoms with E-state index >= 15 is 0 Å². The van der Waals surface area contributed by atoms with Gasteiger partial charge in [-0.3, -0.25) is 0 Å². The van der Waals surface area contributed by atoms with Crippen LogP contribution in [0.5, 0.6) is 23.0 Å². The summed E-state index contributed by atoms with van der Waals surface area (Å²) in [5.41, 5.74) is 43.8. The smallest absolute Gasteiger partial charge is 0.256 e. The van der Waals surface area contributed by atoms with Crippen LogP contribution in [0.15, 0.2) is 315 Å². The molecule has 0 aliphatic carbocycles. The van der Waals surface area contributed by atoms with Gasteiger partial charge in [0.2, 0.25) is 0 Å². The van der Waals surface area contributed by atoms with E-state index in [0.717, 1.165) is 51.7 Å². The first-order valence-corrected chi connectivity index (χ1v) is 39.2. The molecule has 524 valence electrons. The number of fused-ring (bicyclic) bond motifs is 14. The third-order valence-corrected chi connectivity index (χ3v) is 24.7. The molecule has 0 atom stereocenters. The van der Waals surface area contributed by atoms with Gasteiger partial charge in [0.15, 0.2) is 0 Å². The van der Waals surface area contributed by atoms with Crippen LogP contribution in [0.2, 0.25) is 0 Å². The first-order chi connectivity index (χ1) is 54.4. The monoisotopic (exact) mass is 1420 g/mol. The standard InChI is InChI=1S/C105H76B2N2O2/c1-61(2)76-55-94-102-98(58-76)110-96-41-38-74(100-63(4)43-62(3)44-64(100)5)51-88(96)107(102)91-54-78(70-29-17-10-18-30-70)50-87-85-60-83(72-33-21-12-22-34-72)79(56-93(85)109(94)105(87)91)47-67-45-65(6)101(66(7)46-67)75-39-42-97-89(52-75)106-90-53-77(69-27-15-9-16-28-69)49-86-84-48-73(68-25-13-8-14-26-68)37-40-92(84)108(104(86)90)95-57-80(59-99(111-97)103(95)106)82-36-24-23-35-81(82)71-31-19-11-20-32-71/h8-46,48-61H,47H2,1-7H3. The van der Waals surface area contributed by atoms with Gasteiger partial charge in [0.05, 0.1) is 11.0 Å². The zero-order valence-corrected chi connectivity index (χ0v) is 63.2. The molecule has 4 nitrogen and oxygen atoms in total. The van der Waals surface area contributed by atoms with E-state index in [1.54, 1.807) is 0 Å². The van der Waals surface area contributed by atoms with Crippen LogP contribution < -0.4 is 42.3 Å². The van der Waals surface area contributed by atoms with Gasteiger partial charge in [-0.2, -0.15) is 0 Å². The lowest BCUT2D eigenvalue weighted by Crippen LogP contribution is -2.58. The van der Waals surface area contributed by atoms with Crippen LogP contribution in [0, 0.1) is 34.6 Å². The van der Waals surface area contributed by atoms with Gasteiger partial charge in [-0.05, 0) is 280 Å². The third kappa shape index (κ3) is 10.2. The summed E-state index contributed by atoms with van der Waals surface area (Å²) >= 11 is 0. The summed E-state index contributed by atoms with van der Waals surface area (Å²) in [4.78, 5) is 0. The van der Waals surface area contributed by atoms with E-state index < -0.39 is 0 Å². The first-order valence-electron chi connectivity index (χ1n) is 39.2. The van der Waals surface area contributed by atoms with Gasteiger partial charge in [0.25, 0.3) is 13.4 Å². The summed E-state index contributed by atoms with van der Waals surface area (Å²) in [5, 5.41) is 4.95. The van der Waals surface area contributed by atoms with Crippen molar-refractivity contribution < 1.29 is 9.47 Å². The predicted molar refractivity (Wildman–Crippen MR) is 468 cm³/mol. The Morgan fingerprint density at radius 1 is 0.297 bits per heavy atom. The SMILES string of the molecule is Cc1cc(C)c(-c2ccc3c(c2)B2c4c(cc(C(C)C)cc4-n4c5cc(Cc6cc(C)c(-c7ccc8c(c7)B7c9c(cc(-c%10ccccc%10-c%10ccccc%10)cc9-n9c%10ccc(-c%11ccccc%11)cc%10c%10cc(-c%11ccccc%11)cc7c%109)O8)c(C)c6)c(-c6ccccc6)cc5c5cc(-c6ccccc6)cc2c54)O3)c(C)c1. The van der Waals surface area contributed by atoms with E-state index in [9.17, 15) is 0 Å². The molecule has 6 heteroatoms. The quantitative estimate of drug-likeness (QED) is 0.121. The van der Waals surface area contributed by atoms with Gasteiger partial charge in [-0.1, -0.05) is 262 Å². The van der Waals surface area contributed by atoms with Crippen LogP contribution in [0.4, 0.5) is 0 Å². The second-order valence-electron chi connectivity index (χ2n) is 31.9. The Morgan fingerprint density at radius 2 is 0.721 bits per heavy atom. The van der Waals surface area contributed by atoms with E-state index in [1.165, 1.54) is 199 Å². The molecule has 0 bridgehead atoms. The number of hydrogen-bond acceptors (Lipinski definition) is 2. The molecule has 0 unspecified atom stereocenters. The number of aryl methyl sites for hydroxylation is 5. The van der Waals surface area contributed by atoms with Crippen molar-refractivity contribution in [3.05, 3.63) is 360 Å². The van der Waals surface area contributed by atoms with Gasteiger partial charge in [-0.15, -0.1) is 0 Å². The Hall–Kier alpha value is -13.2. The molecule has 111 heavy (non-hydrogen) atoms. The maximum absolute atomic E-state index is 7.49. The lowest BCUT2D eigenvalue weighted by atomic mass is 9.34. The number of nitrogens with zero attached hydrogens (tertiary/aromatic N) is 2. The normalized spacial score (nSPS) is 12.7. The number of aromatic nitrogens is 2. The molecule has 4 aliphatic rings. The van der Waals surface area contributed by atoms with E-state index in [2.05, 4.69) is 373 Å². The molecule has 0 spiro atoms. The number of rotatable bonds is 11. The maximum Gasteiger partial charge on any atom is 0.256 e. The fourth-order valence-electron chi connectivity index (χ4n) is 20.0. The van der Waals surface area contributed by atoms with Gasteiger partial charge in [0, 0.05) is 44.0 Å². The highest BCUT2D eigenvalue weighted by Crippen LogP contribution is 2.48. The minimum Gasteiger partial charge on any atom is -0.458 e. The topological polar surface area (TPSA) is 28.3 Å². The molecule has 0 fully saturated rings. The molecule has 16 aromatic carbocycles. The van der Waals surface area contributed by atoms with Crippen molar-refractivity contribution in [3.63, 3.8) is 0 Å². The predicted octanol–water partition coefficient (Wildman–Crippen LogP) is 23.3. The molecule has 0 saturated carbocycles. The zero-order valence-electron chi connectivity index (χ0n) is 63.2. The number of benzene rings is 16. The van der Waals surface area contributed by atoms with E-state index in [1.807, 2.05) is 0 Å². The van der Waals surface area contributed by atoms with Crippen molar-refractivity contribution in [2.24, 2.45) is 0 Å². The van der Waals surface area contributed by atoms with Crippen molar-refractivity contribution >= 4 is 89.8 Å². The van der Waals surface area contributed by atoms with Crippen LogP contribution in [-0.4, -0.2) is 22.6 Å². The minimum absolute atomic E-state index is 0.0867. The van der Waals surface area contributed by atoms with Gasteiger partial charge < -0.3 is 18.6 Å². The Kier molecular flexibility index (Phi) is 14.6. The van der Waals surface area contributed by atoms with E-state index in [0.29, 0.717) is 0 Å². The van der Waals surface area contributed by atoms with Crippen LogP contribution in [0.1, 0.15) is 64.3 Å². The first kappa shape index (κ1) is 65.0. The van der Waals surface area contributed by atoms with Gasteiger partial charge in [0.1, 0.15) is 23.0 Å². The second kappa shape index (κ2) is 24.9. The summed E-state index contributed by atoms with van der Waals surface area (Å²) in [5.74, 6) is 3.88. The largest absolute Gasteiger partial charge is 0.458 e. The zero-order chi connectivity index (χ0) is 74.2. The fraction of sp³-hybridized carbons (Fsp3) is 0.0857.